The molecule has 0 N–H and O–H groups in total. The van der Waals surface area contributed by atoms with Gasteiger partial charge in [0.2, 0.25) is 0 Å². The van der Waals surface area contributed by atoms with Crippen LogP contribution in [0.1, 0.15) is 32.8 Å². The first-order chi connectivity index (χ1) is 16.4. The lowest BCUT2D eigenvalue weighted by Gasteiger charge is -2.38. The maximum absolute atomic E-state index is 14.0. The third kappa shape index (κ3) is 5.22. The van der Waals surface area contributed by atoms with Crippen LogP contribution in [0.15, 0.2) is 24.3 Å². The molecule has 0 bridgehead atoms. The minimum absolute atomic E-state index is 0.211. The Morgan fingerprint density at radius 3 is 2.15 bits per heavy atom. The lowest BCUT2D eigenvalue weighted by molar-refractivity contribution is -0.135. The number of imide groups is 1. The summed E-state index contributed by atoms with van der Waals surface area (Å²) in [5.41, 5.74) is -0.425. The fraction of sp³-hybridized carbons (Fsp3) is 0.680. The number of rotatable bonds is 9. The van der Waals surface area contributed by atoms with Crippen LogP contribution in [-0.2, 0) is 19.8 Å². The van der Waals surface area contributed by atoms with E-state index in [1.165, 1.54) is 4.90 Å². The molecule has 1 unspecified atom stereocenters. The molecule has 9 nitrogen and oxygen atoms in total. The fourth-order valence-electron chi connectivity index (χ4n) is 4.67. The van der Waals surface area contributed by atoms with Crippen LogP contribution in [0.2, 0.25) is 0 Å². The van der Waals surface area contributed by atoms with Gasteiger partial charge >= 0.3 is 6.03 Å². The highest BCUT2D eigenvalue weighted by Gasteiger charge is 2.57. The van der Waals surface area contributed by atoms with E-state index in [1.807, 2.05) is 31.2 Å². The molecule has 1 atom stereocenters. The van der Waals surface area contributed by atoms with Crippen LogP contribution in [0.5, 0.6) is 5.75 Å². The van der Waals surface area contributed by atoms with E-state index in [-0.39, 0.29) is 18.6 Å². The number of hydrogen-bond acceptors (Lipinski definition) is 7. The average molecular weight is 475 g/mol. The molecule has 3 aliphatic rings. The number of ether oxygens (including phenoxy) is 3. The molecule has 0 aromatic heterocycles. The summed E-state index contributed by atoms with van der Waals surface area (Å²) in [5, 5.41) is 0. The van der Waals surface area contributed by atoms with Crippen LogP contribution < -0.4 is 4.74 Å². The van der Waals surface area contributed by atoms with Crippen molar-refractivity contribution >= 4 is 11.9 Å². The minimum Gasteiger partial charge on any atom is -0.493 e. The maximum Gasteiger partial charge on any atom is 0.330 e. The van der Waals surface area contributed by atoms with E-state index in [9.17, 15) is 9.59 Å². The van der Waals surface area contributed by atoms with Gasteiger partial charge < -0.3 is 14.2 Å². The summed E-state index contributed by atoms with van der Waals surface area (Å²) >= 11 is 0. The van der Waals surface area contributed by atoms with Gasteiger partial charge in [-0.3, -0.25) is 19.5 Å². The summed E-state index contributed by atoms with van der Waals surface area (Å²) in [6.45, 7) is 12.7. The summed E-state index contributed by atoms with van der Waals surface area (Å²) in [4.78, 5) is 35.1. The third-order valence-corrected chi connectivity index (χ3v) is 6.92. The molecule has 3 aliphatic heterocycles. The van der Waals surface area contributed by atoms with Crippen molar-refractivity contribution in [1.82, 2.24) is 19.6 Å². The van der Waals surface area contributed by atoms with Crippen LogP contribution in [0.25, 0.3) is 0 Å². The van der Waals surface area contributed by atoms with E-state index in [0.29, 0.717) is 64.5 Å². The molecule has 0 radical (unpaired) electrons. The number of hydrogen-bond donors (Lipinski definition) is 0. The highest BCUT2D eigenvalue weighted by molar-refractivity contribution is 6.07. The Morgan fingerprint density at radius 2 is 1.53 bits per heavy atom. The van der Waals surface area contributed by atoms with E-state index >= 15 is 0 Å². The fourth-order valence-corrected chi connectivity index (χ4v) is 4.67. The van der Waals surface area contributed by atoms with E-state index in [4.69, 9.17) is 14.2 Å². The van der Waals surface area contributed by atoms with Crippen LogP contribution >= 0.6 is 0 Å². The number of nitrogens with zero attached hydrogens (tertiary/aromatic N) is 4. The van der Waals surface area contributed by atoms with Crippen molar-refractivity contribution in [3.63, 3.8) is 0 Å². The molecular weight excluding hydrogens is 436 g/mol. The van der Waals surface area contributed by atoms with Crippen molar-refractivity contribution in [1.29, 1.82) is 0 Å². The monoisotopic (exact) mass is 474 g/mol. The zero-order chi connectivity index (χ0) is 24.1. The number of morpholine rings is 2. The van der Waals surface area contributed by atoms with Crippen LogP contribution in [0.4, 0.5) is 4.79 Å². The van der Waals surface area contributed by atoms with Gasteiger partial charge in [0.15, 0.2) is 5.54 Å². The lowest BCUT2D eigenvalue weighted by Crippen LogP contribution is -2.51. The van der Waals surface area contributed by atoms with Gasteiger partial charge in [-0.2, -0.15) is 0 Å². The SMILES string of the molecule is CC(C)CCOc1ccccc1C1(C)C(=O)N(CN2CCOCC2)C(=O)N1CN1CCOCC1. The van der Waals surface area contributed by atoms with E-state index in [0.717, 1.165) is 25.1 Å². The zero-order valence-corrected chi connectivity index (χ0v) is 20.7. The number of carbonyl (C=O) groups is 2. The lowest BCUT2D eigenvalue weighted by atomic mass is 9.89. The normalized spacial score (nSPS) is 24.9. The Morgan fingerprint density at radius 1 is 0.941 bits per heavy atom. The molecule has 1 aromatic rings. The molecule has 34 heavy (non-hydrogen) atoms. The summed E-state index contributed by atoms with van der Waals surface area (Å²) < 4.78 is 17.1. The quantitative estimate of drug-likeness (QED) is 0.508. The predicted molar refractivity (Wildman–Crippen MR) is 127 cm³/mol. The highest BCUT2D eigenvalue weighted by Crippen LogP contribution is 2.41. The number of amides is 3. The highest BCUT2D eigenvalue weighted by atomic mass is 16.5. The topological polar surface area (TPSA) is 74.8 Å². The molecule has 3 amide bonds. The Labute approximate surface area is 202 Å². The molecule has 4 rings (SSSR count). The Bertz CT molecular complexity index is 853. The first kappa shape index (κ1) is 24.9. The molecule has 1 aromatic carbocycles. The minimum atomic E-state index is -1.16. The van der Waals surface area contributed by atoms with Gasteiger partial charge in [0.05, 0.1) is 46.4 Å². The summed E-state index contributed by atoms with van der Waals surface area (Å²) in [6, 6.07) is 7.38. The van der Waals surface area contributed by atoms with Gasteiger partial charge in [-0.1, -0.05) is 32.0 Å². The molecule has 0 saturated carbocycles. The second-order valence-corrected chi connectivity index (χ2v) is 9.79. The van der Waals surface area contributed by atoms with Crippen LogP contribution in [-0.4, -0.2) is 104 Å². The van der Waals surface area contributed by atoms with Crippen molar-refractivity contribution in [2.24, 2.45) is 5.92 Å². The van der Waals surface area contributed by atoms with Crippen molar-refractivity contribution in [2.45, 2.75) is 32.7 Å². The van der Waals surface area contributed by atoms with Crippen LogP contribution in [0, 0.1) is 5.92 Å². The number of para-hydroxylation sites is 1. The predicted octanol–water partition coefficient (Wildman–Crippen LogP) is 2.17. The van der Waals surface area contributed by atoms with Gasteiger partial charge in [-0.15, -0.1) is 0 Å². The Hall–Kier alpha value is -2.20. The van der Waals surface area contributed by atoms with Gasteiger partial charge in [0.1, 0.15) is 5.75 Å². The van der Waals surface area contributed by atoms with Crippen molar-refractivity contribution in [2.75, 3.05) is 72.6 Å². The first-order valence-corrected chi connectivity index (χ1v) is 12.4. The number of carbonyl (C=O) groups excluding carboxylic acids is 2. The second-order valence-electron chi connectivity index (χ2n) is 9.79. The Kier molecular flexibility index (Phi) is 8.08. The molecular formula is C25H38N4O5. The number of urea groups is 1. The average Bonchev–Trinajstić information content (AvgIpc) is 3.02. The van der Waals surface area contributed by atoms with Crippen molar-refractivity contribution < 1.29 is 23.8 Å². The van der Waals surface area contributed by atoms with Gasteiger partial charge in [-0.05, 0) is 25.3 Å². The standard InChI is InChI=1S/C25H38N4O5/c1-20(2)8-13-34-22-7-5-4-6-21(22)25(3)23(30)28(18-26-9-14-32-15-10-26)24(31)29(25)19-27-11-16-33-17-12-27/h4-7,20H,8-19H2,1-3H3. The molecule has 0 spiro atoms. The largest absolute Gasteiger partial charge is 0.493 e. The van der Waals surface area contributed by atoms with Crippen LogP contribution in [0.3, 0.4) is 0 Å². The molecule has 3 saturated heterocycles. The summed E-state index contributed by atoms with van der Waals surface area (Å²) in [6.07, 6.45) is 0.915. The Balaban J connectivity index is 1.64. The molecule has 9 heteroatoms. The first-order valence-electron chi connectivity index (χ1n) is 12.4. The summed E-state index contributed by atoms with van der Waals surface area (Å²) in [5.74, 6) is 0.962. The zero-order valence-electron chi connectivity index (χ0n) is 20.7. The smallest absolute Gasteiger partial charge is 0.330 e. The van der Waals surface area contributed by atoms with E-state index < -0.39 is 5.54 Å². The van der Waals surface area contributed by atoms with Crippen molar-refractivity contribution in [3.05, 3.63) is 29.8 Å². The second kappa shape index (κ2) is 11.0. The van der Waals surface area contributed by atoms with E-state index in [1.54, 1.807) is 4.90 Å². The molecule has 3 fully saturated rings. The van der Waals surface area contributed by atoms with Crippen molar-refractivity contribution in [3.8, 4) is 5.75 Å². The summed E-state index contributed by atoms with van der Waals surface area (Å²) in [7, 11) is 0. The maximum atomic E-state index is 14.0. The number of benzene rings is 1. The van der Waals surface area contributed by atoms with Gasteiger partial charge in [0, 0.05) is 31.7 Å². The molecule has 3 heterocycles. The third-order valence-electron chi connectivity index (χ3n) is 6.92. The van der Waals surface area contributed by atoms with Gasteiger partial charge in [0.25, 0.3) is 5.91 Å². The van der Waals surface area contributed by atoms with E-state index in [2.05, 4.69) is 23.6 Å². The molecule has 188 valence electrons. The van der Waals surface area contributed by atoms with Gasteiger partial charge in [-0.25, -0.2) is 9.69 Å². The molecule has 0 aliphatic carbocycles.